The zero-order chi connectivity index (χ0) is 18.3. The predicted octanol–water partition coefficient (Wildman–Crippen LogP) is 4.60. The van der Waals surface area contributed by atoms with Gasteiger partial charge < -0.3 is 10.1 Å². The van der Waals surface area contributed by atoms with E-state index in [0.717, 1.165) is 20.9 Å². The number of hydrogen-bond acceptors (Lipinski definition) is 3. The molecule has 2 aromatic carbocycles. The van der Waals surface area contributed by atoms with E-state index in [-0.39, 0.29) is 23.6 Å². The minimum absolute atomic E-state index is 0.144. The number of pyridine rings is 1. The molecule has 0 atom stereocenters. The molecule has 0 radical (unpaired) electrons. The van der Waals surface area contributed by atoms with Crippen molar-refractivity contribution in [1.82, 2.24) is 9.97 Å². The highest BCUT2D eigenvalue weighted by Gasteiger charge is 2.20. The summed E-state index contributed by atoms with van der Waals surface area (Å²) in [6.07, 6.45) is 0.158. The Morgan fingerprint density at radius 1 is 1.04 bits per heavy atom. The molecule has 0 aliphatic rings. The first-order valence-corrected chi connectivity index (χ1v) is 8.74. The maximum Gasteiger partial charge on any atom is 0.354 e. The third-order valence-electron chi connectivity index (χ3n) is 4.24. The van der Waals surface area contributed by atoms with E-state index in [1.165, 1.54) is 6.07 Å². The Bertz CT molecular complexity index is 1170. The lowest BCUT2D eigenvalue weighted by atomic mass is 10.0. The van der Waals surface area contributed by atoms with E-state index in [4.69, 9.17) is 0 Å². The number of hydrogen-bond donors (Lipinski definition) is 2. The van der Waals surface area contributed by atoms with Crippen LogP contribution >= 0.6 is 15.9 Å². The molecule has 0 unspecified atom stereocenters. The largest absolute Gasteiger partial charge is 0.477 e. The number of aromatic amines is 1. The van der Waals surface area contributed by atoms with Gasteiger partial charge in [0, 0.05) is 27.2 Å². The van der Waals surface area contributed by atoms with E-state index < -0.39 is 5.97 Å². The van der Waals surface area contributed by atoms with Crippen LogP contribution in [0.5, 0.6) is 0 Å². The van der Waals surface area contributed by atoms with Crippen molar-refractivity contribution in [2.75, 3.05) is 0 Å². The number of fused-ring (bicyclic) bond motifs is 3. The van der Waals surface area contributed by atoms with Gasteiger partial charge in [-0.2, -0.15) is 0 Å². The van der Waals surface area contributed by atoms with Crippen molar-refractivity contribution in [3.8, 4) is 0 Å². The van der Waals surface area contributed by atoms with Gasteiger partial charge in [-0.25, -0.2) is 9.78 Å². The first-order valence-electron chi connectivity index (χ1n) is 7.95. The molecule has 0 spiro atoms. The zero-order valence-electron chi connectivity index (χ0n) is 13.5. The summed E-state index contributed by atoms with van der Waals surface area (Å²) in [4.78, 5) is 31.7. The Morgan fingerprint density at radius 2 is 1.81 bits per heavy atom. The smallest absolute Gasteiger partial charge is 0.354 e. The first kappa shape index (κ1) is 16.5. The molecule has 128 valence electrons. The molecule has 4 aromatic rings. The van der Waals surface area contributed by atoms with Crippen LogP contribution in [0.3, 0.4) is 0 Å². The van der Waals surface area contributed by atoms with E-state index >= 15 is 0 Å². The van der Waals surface area contributed by atoms with E-state index in [2.05, 4.69) is 25.9 Å². The number of aromatic nitrogens is 2. The van der Waals surface area contributed by atoms with Crippen LogP contribution in [0.2, 0.25) is 0 Å². The van der Waals surface area contributed by atoms with Gasteiger partial charge in [-0.15, -0.1) is 0 Å². The van der Waals surface area contributed by atoms with Crippen molar-refractivity contribution >= 4 is 49.5 Å². The summed E-state index contributed by atoms with van der Waals surface area (Å²) in [5.41, 5.74) is 2.24. The molecule has 0 saturated carbocycles. The lowest BCUT2D eigenvalue weighted by Gasteiger charge is -2.05. The molecule has 2 heterocycles. The van der Waals surface area contributed by atoms with Crippen LogP contribution in [0.25, 0.3) is 21.8 Å². The van der Waals surface area contributed by atoms with Gasteiger partial charge in [0.1, 0.15) is 11.4 Å². The molecule has 0 aliphatic carbocycles. The van der Waals surface area contributed by atoms with Gasteiger partial charge in [0.05, 0.1) is 5.52 Å². The molecule has 0 aliphatic heterocycles. The summed E-state index contributed by atoms with van der Waals surface area (Å²) >= 11 is 3.43. The fourth-order valence-electron chi connectivity index (χ4n) is 3.04. The number of aromatic carboxylic acids is 1. The number of ketones is 1. The number of carbonyl (C=O) groups is 2. The number of benzene rings is 2. The molecular formula is C20H13BrN2O3. The van der Waals surface area contributed by atoms with E-state index in [0.29, 0.717) is 10.9 Å². The molecule has 26 heavy (non-hydrogen) atoms. The van der Waals surface area contributed by atoms with Crippen LogP contribution in [-0.2, 0) is 6.42 Å². The van der Waals surface area contributed by atoms with Gasteiger partial charge in [0.15, 0.2) is 5.78 Å². The minimum Gasteiger partial charge on any atom is -0.477 e. The Hall–Kier alpha value is -2.99. The average Bonchev–Trinajstić information content (AvgIpc) is 2.99. The Labute approximate surface area is 156 Å². The van der Waals surface area contributed by atoms with Crippen molar-refractivity contribution in [2.45, 2.75) is 6.42 Å². The fourth-order valence-corrected chi connectivity index (χ4v) is 3.40. The molecule has 0 saturated heterocycles. The number of nitrogens with one attached hydrogen (secondary N) is 1. The number of H-pyrrole nitrogens is 1. The number of rotatable bonds is 4. The number of nitrogens with zero attached hydrogens (tertiary/aromatic N) is 1. The Balaban J connectivity index is 1.93. The summed E-state index contributed by atoms with van der Waals surface area (Å²) in [5, 5.41) is 10.9. The zero-order valence-corrected chi connectivity index (χ0v) is 15.1. The normalized spacial score (nSPS) is 11.1. The minimum atomic E-state index is -1.16. The van der Waals surface area contributed by atoms with Crippen LogP contribution in [0, 0.1) is 0 Å². The summed E-state index contributed by atoms with van der Waals surface area (Å²) in [6.45, 7) is 0. The Kier molecular flexibility index (Phi) is 4.05. The van der Waals surface area contributed by atoms with Crippen molar-refractivity contribution < 1.29 is 14.7 Å². The Morgan fingerprint density at radius 3 is 2.54 bits per heavy atom. The number of carboxylic acids is 1. The summed E-state index contributed by atoms with van der Waals surface area (Å²) in [6, 6.07) is 16.5. The second-order valence-electron chi connectivity index (χ2n) is 5.98. The van der Waals surface area contributed by atoms with Gasteiger partial charge in [0.2, 0.25) is 0 Å². The lowest BCUT2D eigenvalue weighted by Crippen LogP contribution is -2.11. The second kappa shape index (κ2) is 6.38. The predicted molar refractivity (Wildman–Crippen MR) is 103 cm³/mol. The molecular weight excluding hydrogens is 396 g/mol. The summed E-state index contributed by atoms with van der Waals surface area (Å²) in [7, 11) is 0. The quantitative estimate of drug-likeness (QED) is 0.483. The molecule has 2 N–H and O–H groups in total. The number of carbonyl (C=O) groups excluding carboxylic acids is 1. The fraction of sp³-hybridized carbons (Fsp3) is 0.0500. The standard InChI is InChI=1S/C20H13BrN2O3/c21-12-6-7-15-13(9-12)14-10-16(20(25)26)23-19(18(14)22-15)17(24)8-11-4-2-1-3-5-11/h1-7,9-10,22H,8H2,(H,25,26). The maximum atomic E-state index is 12.9. The summed E-state index contributed by atoms with van der Waals surface area (Å²) in [5.74, 6) is -1.39. The van der Waals surface area contributed by atoms with Crippen LogP contribution in [0.15, 0.2) is 59.1 Å². The van der Waals surface area contributed by atoms with Crippen molar-refractivity contribution in [3.05, 3.63) is 76.0 Å². The van der Waals surface area contributed by atoms with Crippen LogP contribution in [-0.4, -0.2) is 26.8 Å². The van der Waals surface area contributed by atoms with Crippen LogP contribution in [0.4, 0.5) is 0 Å². The topological polar surface area (TPSA) is 83.0 Å². The van der Waals surface area contributed by atoms with E-state index in [1.807, 2.05) is 48.5 Å². The third kappa shape index (κ3) is 2.88. The van der Waals surface area contributed by atoms with Gasteiger partial charge in [-0.1, -0.05) is 46.3 Å². The first-order chi connectivity index (χ1) is 12.5. The molecule has 0 fully saturated rings. The average molecular weight is 409 g/mol. The molecule has 6 heteroatoms. The monoisotopic (exact) mass is 408 g/mol. The highest BCUT2D eigenvalue weighted by Crippen LogP contribution is 2.30. The van der Waals surface area contributed by atoms with Crippen molar-refractivity contribution in [3.63, 3.8) is 0 Å². The second-order valence-corrected chi connectivity index (χ2v) is 6.90. The number of halogens is 1. The van der Waals surface area contributed by atoms with Gasteiger partial charge >= 0.3 is 5.97 Å². The summed E-state index contributed by atoms with van der Waals surface area (Å²) < 4.78 is 0.872. The van der Waals surface area contributed by atoms with E-state index in [9.17, 15) is 14.7 Å². The van der Waals surface area contributed by atoms with E-state index in [1.54, 1.807) is 0 Å². The van der Waals surface area contributed by atoms with Gasteiger partial charge in [-0.3, -0.25) is 4.79 Å². The third-order valence-corrected chi connectivity index (χ3v) is 4.73. The molecule has 0 bridgehead atoms. The SMILES string of the molecule is O=C(O)c1cc2c([nH]c3ccc(Br)cc32)c(C(=O)Cc2ccccc2)n1. The number of Topliss-reactive ketones (excluding diaryl/α,β-unsaturated/α-hetero) is 1. The molecule has 0 amide bonds. The lowest BCUT2D eigenvalue weighted by molar-refractivity contribution is 0.0690. The highest BCUT2D eigenvalue weighted by molar-refractivity contribution is 9.10. The molecule has 4 rings (SSSR count). The maximum absolute atomic E-state index is 12.9. The molecule has 5 nitrogen and oxygen atoms in total. The van der Waals surface area contributed by atoms with Crippen molar-refractivity contribution in [1.29, 1.82) is 0 Å². The van der Waals surface area contributed by atoms with Crippen molar-refractivity contribution in [2.24, 2.45) is 0 Å². The number of carboxylic acid groups (broad SMARTS) is 1. The van der Waals surface area contributed by atoms with Crippen LogP contribution < -0.4 is 0 Å². The van der Waals surface area contributed by atoms with Gasteiger partial charge in [0.25, 0.3) is 0 Å². The van der Waals surface area contributed by atoms with Crippen LogP contribution in [0.1, 0.15) is 26.5 Å². The van der Waals surface area contributed by atoms with Gasteiger partial charge in [-0.05, 0) is 29.8 Å². The highest BCUT2D eigenvalue weighted by atomic mass is 79.9. The molecule has 2 aromatic heterocycles.